The second-order valence-corrected chi connectivity index (χ2v) is 4.13. The van der Waals surface area contributed by atoms with E-state index in [1.54, 1.807) is 37.3 Å². The Kier molecular flexibility index (Phi) is 3.53. The van der Waals surface area contributed by atoms with E-state index in [1.807, 2.05) is 0 Å². The molecular formula is C15H13FO2. The molecule has 92 valence electrons. The van der Waals surface area contributed by atoms with E-state index in [9.17, 15) is 14.3 Å². The van der Waals surface area contributed by atoms with Crippen LogP contribution in [0.1, 0.15) is 27.6 Å². The van der Waals surface area contributed by atoms with Crippen molar-refractivity contribution in [3.05, 3.63) is 71.0 Å². The zero-order chi connectivity index (χ0) is 13.1. The molecule has 0 saturated carbocycles. The summed E-state index contributed by atoms with van der Waals surface area (Å²) in [6.07, 6.45) is -1.26. The first-order valence-electron chi connectivity index (χ1n) is 5.63. The fourth-order valence-electron chi connectivity index (χ4n) is 1.85. The quantitative estimate of drug-likeness (QED) is 0.842. The van der Waals surface area contributed by atoms with Crippen LogP contribution in [0.4, 0.5) is 4.39 Å². The van der Waals surface area contributed by atoms with Crippen LogP contribution >= 0.6 is 0 Å². The molecule has 1 N–H and O–H groups in total. The molecule has 0 aliphatic carbocycles. The third-order valence-electron chi connectivity index (χ3n) is 2.83. The lowest BCUT2D eigenvalue weighted by Gasteiger charge is -2.12. The second-order valence-electron chi connectivity index (χ2n) is 4.13. The van der Waals surface area contributed by atoms with Crippen molar-refractivity contribution in [1.29, 1.82) is 0 Å². The summed E-state index contributed by atoms with van der Waals surface area (Å²) in [7, 11) is 0. The van der Waals surface area contributed by atoms with Gasteiger partial charge in [-0.3, -0.25) is 4.79 Å². The van der Waals surface area contributed by atoms with Crippen LogP contribution in [0.5, 0.6) is 0 Å². The number of aryl methyl sites for hydroxylation is 1. The van der Waals surface area contributed by atoms with Gasteiger partial charge in [0.2, 0.25) is 0 Å². The van der Waals surface area contributed by atoms with Crippen molar-refractivity contribution in [1.82, 2.24) is 0 Å². The predicted molar refractivity (Wildman–Crippen MR) is 66.9 cm³/mol. The van der Waals surface area contributed by atoms with Gasteiger partial charge >= 0.3 is 0 Å². The maximum atomic E-state index is 13.0. The van der Waals surface area contributed by atoms with Crippen molar-refractivity contribution in [2.24, 2.45) is 0 Å². The van der Waals surface area contributed by atoms with Crippen molar-refractivity contribution in [2.45, 2.75) is 13.0 Å². The Morgan fingerprint density at radius 2 is 1.83 bits per heavy atom. The topological polar surface area (TPSA) is 37.3 Å². The summed E-state index contributed by atoms with van der Waals surface area (Å²) in [5, 5.41) is 10.0. The van der Waals surface area contributed by atoms with Gasteiger partial charge in [-0.15, -0.1) is 0 Å². The average Bonchev–Trinajstić information content (AvgIpc) is 2.38. The maximum Gasteiger partial charge on any atom is 0.195 e. The highest BCUT2D eigenvalue weighted by molar-refractivity contribution is 5.99. The largest absolute Gasteiger partial charge is 0.380 e. The number of benzene rings is 2. The molecule has 0 fully saturated rings. The third-order valence-corrected chi connectivity index (χ3v) is 2.83. The minimum absolute atomic E-state index is 0.379. The van der Waals surface area contributed by atoms with Crippen LogP contribution in [0, 0.1) is 12.7 Å². The molecule has 0 saturated heterocycles. The Morgan fingerprint density at radius 3 is 2.44 bits per heavy atom. The van der Waals surface area contributed by atoms with Crippen LogP contribution in [0.25, 0.3) is 0 Å². The van der Waals surface area contributed by atoms with Gasteiger partial charge in [0, 0.05) is 5.56 Å². The molecule has 0 amide bonds. The fraction of sp³-hybridized carbons (Fsp3) is 0.133. The maximum absolute atomic E-state index is 13.0. The highest BCUT2D eigenvalue weighted by Crippen LogP contribution is 2.22. The molecule has 2 nitrogen and oxygen atoms in total. The highest BCUT2D eigenvalue weighted by Gasteiger charge is 2.20. The molecule has 2 aromatic carbocycles. The molecule has 1 unspecified atom stereocenters. The highest BCUT2D eigenvalue weighted by atomic mass is 19.1. The molecule has 0 aromatic heterocycles. The summed E-state index contributed by atoms with van der Waals surface area (Å²) < 4.78 is 13.0. The number of aliphatic hydroxyl groups is 1. The van der Waals surface area contributed by atoms with Gasteiger partial charge < -0.3 is 5.11 Å². The molecular weight excluding hydrogens is 231 g/mol. The number of Topliss-reactive ketones (excluding diaryl/α,β-unsaturated/α-hetero) is 1. The van der Waals surface area contributed by atoms with E-state index in [4.69, 9.17) is 0 Å². The lowest BCUT2D eigenvalue weighted by Crippen LogP contribution is -2.13. The van der Waals surface area contributed by atoms with E-state index in [-0.39, 0.29) is 11.6 Å². The number of hydrogen-bond donors (Lipinski definition) is 1. The first-order chi connectivity index (χ1) is 8.59. The SMILES string of the molecule is Cc1cc(F)ccc1C(O)C(=O)c1ccccc1. The van der Waals surface area contributed by atoms with Gasteiger partial charge in [-0.25, -0.2) is 4.39 Å². The van der Waals surface area contributed by atoms with Crippen LogP contribution in [-0.2, 0) is 0 Å². The summed E-state index contributed by atoms with van der Waals surface area (Å²) >= 11 is 0. The number of hydrogen-bond acceptors (Lipinski definition) is 2. The molecule has 0 aliphatic heterocycles. The van der Waals surface area contributed by atoms with Gasteiger partial charge in [0.1, 0.15) is 11.9 Å². The van der Waals surface area contributed by atoms with Gasteiger partial charge in [-0.1, -0.05) is 36.4 Å². The summed E-state index contributed by atoms with van der Waals surface area (Å²) in [6.45, 7) is 1.67. The Morgan fingerprint density at radius 1 is 1.17 bits per heavy atom. The Bertz CT molecular complexity index is 564. The molecule has 0 radical (unpaired) electrons. The summed E-state index contributed by atoms with van der Waals surface area (Å²) in [5.74, 6) is -0.763. The van der Waals surface area contributed by atoms with Crippen LogP contribution in [0.15, 0.2) is 48.5 Å². The average molecular weight is 244 g/mol. The minimum Gasteiger partial charge on any atom is -0.380 e. The van der Waals surface area contributed by atoms with Crippen molar-refractivity contribution >= 4 is 5.78 Å². The van der Waals surface area contributed by atoms with Gasteiger partial charge in [0.05, 0.1) is 0 Å². The smallest absolute Gasteiger partial charge is 0.195 e. The fourth-order valence-corrected chi connectivity index (χ4v) is 1.85. The number of carbonyl (C=O) groups excluding carboxylic acids is 1. The van der Waals surface area contributed by atoms with Crippen LogP contribution in [-0.4, -0.2) is 10.9 Å². The Hall–Kier alpha value is -2.00. The standard InChI is InChI=1S/C15H13FO2/c1-10-9-12(16)7-8-13(10)15(18)14(17)11-5-3-2-4-6-11/h2-9,15,18H,1H3. The molecule has 2 rings (SSSR count). The third kappa shape index (κ3) is 2.46. The molecule has 3 heteroatoms. The zero-order valence-electron chi connectivity index (χ0n) is 9.93. The van der Waals surface area contributed by atoms with Crippen molar-refractivity contribution in [2.75, 3.05) is 0 Å². The first kappa shape index (κ1) is 12.5. The van der Waals surface area contributed by atoms with Crippen molar-refractivity contribution in [3.8, 4) is 0 Å². The molecule has 0 spiro atoms. The van der Waals surface area contributed by atoms with E-state index >= 15 is 0 Å². The molecule has 0 bridgehead atoms. The number of carbonyl (C=O) groups is 1. The first-order valence-corrected chi connectivity index (χ1v) is 5.63. The predicted octanol–water partition coefficient (Wildman–Crippen LogP) is 3.05. The number of aliphatic hydroxyl groups excluding tert-OH is 1. The number of rotatable bonds is 3. The molecule has 2 aromatic rings. The van der Waals surface area contributed by atoms with Crippen molar-refractivity contribution in [3.63, 3.8) is 0 Å². The monoisotopic (exact) mass is 244 g/mol. The lowest BCUT2D eigenvalue weighted by molar-refractivity contribution is 0.0746. The van der Waals surface area contributed by atoms with Gasteiger partial charge in [-0.05, 0) is 30.2 Å². The zero-order valence-corrected chi connectivity index (χ0v) is 9.93. The van der Waals surface area contributed by atoms with Crippen LogP contribution in [0.2, 0.25) is 0 Å². The van der Waals surface area contributed by atoms with E-state index < -0.39 is 6.10 Å². The second kappa shape index (κ2) is 5.10. The van der Waals surface area contributed by atoms with Gasteiger partial charge in [0.15, 0.2) is 5.78 Å². The normalized spacial score (nSPS) is 12.2. The van der Waals surface area contributed by atoms with Gasteiger partial charge in [-0.2, -0.15) is 0 Å². The molecule has 0 aliphatic rings. The van der Waals surface area contributed by atoms with Crippen LogP contribution < -0.4 is 0 Å². The van der Waals surface area contributed by atoms with Crippen molar-refractivity contribution < 1.29 is 14.3 Å². The number of halogens is 1. The van der Waals surface area contributed by atoms with E-state index in [0.29, 0.717) is 16.7 Å². The summed E-state index contributed by atoms with van der Waals surface area (Å²) in [6, 6.07) is 12.5. The minimum atomic E-state index is -1.26. The van der Waals surface area contributed by atoms with E-state index in [0.717, 1.165) is 0 Å². The number of ketones is 1. The summed E-state index contributed by atoms with van der Waals surface area (Å²) in [5.41, 5.74) is 1.44. The van der Waals surface area contributed by atoms with Crippen LogP contribution in [0.3, 0.4) is 0 Å². The molecule has 18 heavy (non-hydrogen) atoms. The lowest BCUT2D eigenvalue weighted by atomic mass is 9.96. The molecule has 1 atom stereocenters. The van der Waals surface area contributed by atoms with E-state index in [1.165, 1.54) is 18.2 Å². The van der Waals surface area contributed by atoms with Gasteiger partial charge in [0.25, 0.3) is 0 Å². The molecule has 0 heterocycles. The Balaban J connectivity index is 2.31. The van der Waals surface area contributed by atoms with E-state index in [2.05, 4.69) is 0 Å². The Labute approximate surface area is 105 Å². The summed E-state index contributed by atoms with van der Waals surface area (Å²) in [4.78, 5) is 12.0.